The van der Waals surface area contributed by atoms with E-state index in [9.17, 15) is 9.59 Å². The Labute approximate surface area is 160 Å². The van der Waals surface area contributed by atoms with Gasteiger partial charge >= 0.3 is 0 Å². The summed E-state index contributed by atoms with van der Waals surface area (Å²) in [5, 5.41) is 0. The topological polar surface area (TPSA) is 76.7 Å². The normalized spacial score (nSPS) is 10.4. The second-order valence-electron chi connectivity index (χ2n) is 5.13. The first-order valence-electron chi connectivity index (χ1n) is 7.88. The molecule has 0 heterocycles. The molecule has 2 amide bonds. The molecule has 6 nitrogen and oxygen atoms in total. The average Bonchev–Trinajstić information content (AvgIpc) is 2.65. The van der Waals surface area contributed by atoms with Crippen molar-refractivity contribution in [3.63, 3.8) is 0 Å². The van der Waals surface area contributed by atoms with E-state index >= 15 is 0 Å². The van der Waals surface area contributed by atoms with Gasteiger partial charge in [0, 0.05) is 11.6 Å². The zero-order valence-electron chi connectivity index (χ0n) is 14.4. The Bertz CT molecular complexity index is 804. The Kier molecular flexibility index (Phi) is 7.23. The maximum atomic E-state index is 12.0. The summed E-state index contributed by atoms with van der Waals surface area (Å²) in [7, 11) is 1.54. The minimum atomic E-state index is -0.445. The number of hydrazine groups is 1. The second-order valence-corrected chi connectivity index (χ2v) is 5.98. The third-order valence-corrected chi connectivity index (χ3v) is 3.95. The van der Waals surface area contributed by atoms with Crippen molar-refractivity contribution in [1.82, 2.24) is 10.9 Å². The lowest BCUT2D eigenvalue weighted by Gasteiger charge is -2.08. The molecule has 0 bridgehead atoms. The molecule has 0 aliphatic carbocycles. The van der Waals surface area contributed by atoms with E-state index in [1.807, 2.05) is 31.2 Å². The quantitative estimate of drug-likeness (QED) is 0.557. The average molecular weight is 419 g/mol. The molecule has 0 spiro atoms. The van der Waals surface area contributed by atoms with Crippen LogP contribution >= 0.6 is 15.9 Å². The number of nitrogens with one attached hydrogen (secondary N) is 2. The Balaban J connectivity index is 1.87. The molecule has 0 radical (unpaired) electrons. The Morgan fingerprint density at radius 3 is 2.46 bits per heavy atom. The number of benzene rings is 2. The van der Waals surface area contributed by atoms with Crippen molar-refractivity contribution in [2.45, 2.75) is 6.92 Å². The molecule has 0 unspecified atom stereocenters. The van der Waals surface area contributed by atoms with E-state index in [4.69, 9.17) is 9.47 Å². The fraction of sp³-hybridized carbons (Fsp3) is 0.158. The van der Waals surface area contributed by atoms with Gasteiger partial charge in [-0.05, 0) is 64.8 Å². The number of amides is 2. The third-order valence-electron chi connectivity index (χ3n) is 3.33. The Morgan fingerprint density at radius 2 is 1.85 bits per heavy atom. The number of hydrogen-bond donors (Lipinski definition) is 2. The van der Waals surface area contributed by atoms with Gasteiger partial charge in [-0.3, -0.25) is 20.4 Å². The van der Waals surface area contributed by atoms with Crippen LogP contribution in [0.5, 0.6) is 11.5 Å². The molecule has 0 aliphatic rings. The number of halogens is 1. The van der Waals surface area contributed by atoms with Crippen molar-refractivity contribution in [2.24, 2.45) is 0 Å². The van der Waals surface area contributed by atoms with Gasteiger partial charge in [-0.25, -0.2) is 0 Å². The lowest BCUT2D eigenvalue weighted by Crippen LogP contribution is -2.40. The van der Waals surface area contributed by atoms with E-state index in [2.05, 4.69) is 26.8 Å². The minimum Gasteiger partial charge on any atom is -0.496 e. The van der Waals surface area contributed by atoms with E-state index in [0.717, 1.165) is 11.3 Å². The van der Waals surface area contributed by atoms with E-state index < -0.39 is 11.8 Å². The molecular formula is C19H19BrN2O4. The van der Waals surface area contributed by atoms with Crippen LogP contribution in [0.2, 0.25) is 0 Å². The third kappa shape index (κ3) is 5.63. The molecule has 2 aromatic rings. The zero-order chi connectivity index (χ0) is 18.9. The van der Waals surface area contributed by atoms with Crippen molar-refractivity contribution < 1.29 is 19.1 Å². The highest BCUT2D eigenvalue weighted by atomic mass is 79.9. The summed E-state index contributed by atoms with van der Waals surface area (Å²) in [6.45, 7) is 2.51. The molecule has 7 heteroatoms. The van der Waals surface area contributed by atoms with Gasteiger partial charge in [0.25, 0.3) is 11.8 Å². The fourth-order valence-corrected chi connectivity index (χ4v) is 2.59. The van der Waals surface area contributed by atoms with Crippen molar-refractivity contribution in [3.05, 3.63) is 64.1 Å². The van der Waals surface area contributed by atoms with Crippen molar-refractivity contribution in [3.8, 4) is 11.5 Å². The molecule has 0 aliphatic heterocycles. The van der Waals surface area contributed by atoms with Crippen LogP contribution < -0.4 is 20.3 Å². The van der Waals surface area contributed by atoms with Crippen molar-refractivity contribution >= 4 is 33.8 Å². The molecule has 0 atom stereocenters. The summed E-state index contributed by atoms with van der Waals surface area (Å²) in [5.41, 5.74) is 5.91. The molecule has 26 heavy (non-hydrogen) atoms. The smallest absolute Gasteiger partial charge is 0.269 e. The lowest BCUT2D eigenvalue weighted by atomic mass is 10.2. The van der Waals surface area contributed by atoms with Crippen LogP contribution in [0.15, 0.2) is 53.0 Å². The molecule has 2 aromatic carbocycles. The van der Waals surface area contributed by atoms with Gasteiger partial charge in [0.15, 0.2) is 0 Å². The zero-order valence-corrected chi connectivity index (χ0v) is 16.0. The van der Waals surface area contributed by atoms with Gasteiger partial charge in [-0.2, -0.15) is 0 Å². The molecule has 0 saturated carbocycles. The summed E-state index contributed by atoms with van der Waals surface area (Å²) in [6.07, 6.45) is 2.97. The number of rotatable bonds is 6. The second kappa shape index (κ2) is 9.62. The fourth-order valence-electron chi connectivity index (χ4n) is 2.05. The first-order valence-corrected chi connectivity index (χ1v) is 8.67. The largest absolute Gasteiger partial charge is 0.496 e. The van der Waals surface area contributed by atoms with Crippen LogP contribution in [-0.2, 0) is 4.79 Å². The van der Waals surface area contributed by atoms with Gasteiger partial charge in [0.05, 0.1) is 18.2 Å². The summed E-state index contributed by atoms with van der Waals surface area (Å²) in [4.78, 5) is 23.9. The Morgan fingerprint density at radius 1 is 1.12 bits per heavy atom. The van der Waals surface area contributed by atoms with Gasteiger partial charge < -0.3 is 9.47 Å². The number of carbonyl (C=O) groups is 2. The van der Waals surface area contributed by atoms with Crippen molar-refractivity contribution in [1.29, 1.82) is 0 Å². The molecule has 0 aromatic heterocycles. The van der Waals surface area contributed by atoms with E-state index in [1.54, 1.807) is 24.3 Å². The molecule has 2 rings (SSSR count). The summed E-state index contributed by atoms with van der Waals surface area (Å²) in [5.74, 6) is 0.506. The monoisotopic (exact) mass is 418 g/mol. The van der Waals surface area contributed by atoms with E-state index in [1.165, 1.54) is 13.2 Å². The number of methoxy groups -OCH3 is 1. The first-order chi connectivity index (χ1) is 12.5. The molecule has 2 N–H and O–H groups in total. The van der Waals surface area contributed by atoms with Gasteiger partial charge in [0.2, 0.25) is 0 Å². The van der Waals surface area contributed by atoms with Gasteiger partial charge in [-0.15, -0.1) is 0 Å². The van der Waals surface area contributed by atoms with Crippen LogP contribution in [0, 0.1) is 0 Å². The van der Waals surface area contributed by atoms with Crippen molar-refractivity contribution in [2.75, 3.05) is 13.7 Å². The van der Waals surface area contributed by atoms with Gasteiger partial charge in [0.1, 0.15) is 11.5 Å². The predicted octanol–water partition coefficient (Wildman–Crippen LogP) is 3.33. The number of ether oxygens (including phenoxy) is 2. The highest BCUT2D eigenvalue weighted by molar-refractivity contribution is 9.10. The predicted molar refractivity (Wildman–Crippen MR) is 103 cm³/mol. The minimum absolute atomic E-state index is 0.383. The molecule has 0 saturated heterocycles. The van der Waals surface area contributed by atoms with Crippen LogP contribution in [0.25, 0.3) is 6.08 Å². The maximum Gasteiger partial charge on any atom is 0.269 e. The lowest BCUT2D eigenvalue weighted by molar-refractivity contribution is -0.117. The summed E-state index contributed by atoms with van der Waals surface area (Å²) in [6, 6.07) is 12.2. The number of hydrogen-bond acceptors (Lipinski definition) is 4. The highest BCUT2D eigenvalue weighted by Gasteiger charge is 2.09. The van der Waals surface area contributed by atoms with Crippen LogP contribution in [0.4, 0.5) is 0 Å². The first kappa shape index (κ1) is 19.5. The standard InChI is InChI=1S/C19H19BrN2O4/c1-3-26-15-8-4-13(5-9-15)6-11-18(23)21-22-19(24)14-7-10-17(25-2)16(20)12-14/h4-12H,3H2,1-2H3,(H,21,23)(H,22,24)/b11-6+. The SMILES string of the molecule is CCOc1ccc(/C=C/C(=O)NNC(=O)c2ccc(OC)c(Br)c2)cc1. The van der Waals surface area contributed by atoms with Gasteiger partial charge in [-0.1, -0.05) is 12.1 Å². The van der Waals surface area contributed by atoms with E-state index in [0.29, 0.717) is 22.4 Å². The Hall–Kier alpha value is -2.80. The molecule has 0 fully saturated rings. The number of carbonyl (C=O) groups excluding carboxylic acids is 2. The van der Waals surface area contributed by atoms with Crippen LogP contribution in [0.1, 0.15) is 22.8 Å². The summed E-state index contributed by atoms with van der Waals surface area (Å²) >= 11 is 3.31. The van der Waals surface area contributed by atoms with E-state index in [-0.39, 0.29) is 0 Å². The van der Waals surface area contributed by atoms with Crippen LogP contribution in [-0.4, -0.2) is 25.5 Å². The van der Waals surface area contributed by atoms with Crippen LogP contribution in [0.3, 0.4) is 0 Å². The maximum absolute atomic E-state index is 12.0. The summed E-state index contributed by atoms with van der Waals surface area (Å²) < 4.78 is 11.1. The molecular weight excluding hydrogens is 400 g/mol. The highest BCUT2D eigenvalue weighted by Crippen LogP contribution is 2.25. The molecule has 136 valence electrons.